The van der Waals surface area contributed by atoms with Crippen LogP contribution in [0.4, 0.5) is 0 Å². The van der Waals surface area contributed by atoms with Crippen molar-refractivity contribution < 1.29 is 252 Å². The van der Waals surface area contributed by atoms with Crippen LogP contribution in [0.5, 0.6) is 0 Å². The predicted molar refractivity (Wildman–Crippen MR) is 376 cm³/mol. The Bertz CT molecular complexity index is 3310. The van der Waals surface area contributed by atoms with Crippen LogP contribution in [0, 0.1) is 0 Å². The largest absolute Gasteiger partial charge is 0.394 e. The lowest BCUT2D eigenvalue weighted by atomic mass is 9.93. The van der Waals surface area contributed by atoms with Crippen molar-refractivity contribution in [1.29, 1.82) is 0 Å². The summed E-state index contributed by atoms with van der Waals surface area (Å²) in [5.74, 6) is -3.73. The van der Waals surface area contributed by atoms with Crippen LogP contribution in [-0.4, -0.2) is 539 Å². The van der Waals surface area contributed by atoms with Crippen molar-refractivity contribution in [2.24, 2.45) is 0 Å². The first-order valence-corrected chi connectivity index (χ1v) is 39.1. The Hall–Kier alpha value is -4.00. The van der Waals surface area contributed by atoms with Crippen molar-refractivity contribution in [1.82, 2.24) is 21.3 Å². The SMILES string of the molecule is CC(=O)N[C@H]1[C@H](O[C@H]2[C@H](O)[C@@H](NC(C)=O)C(O)O[C@@H]2CO)O[C@H](CO)[C@@H](O[C@@H]2O[C@H](CO[C@H]3O[C@H](CO[C@H]4O[C@H](CO)[C@@H](O)[C@H](O)[C@@H]4O)[C@@H](O)[C@H](O[C@H]4O[C@H](CO)[C@@H](O)[C@H](O)[C@@H]4O)[C@@H]3O)[C@@H](O)[C@H](O[C@H]3O[C@H](CO)[C@@H](O[C@@H]4O[C@H](CO)[C@@H](O[C@@H]5O[C@H](CO)[C@H](O)[C@H](O)[C@H]5O)[C@H](O)[C@H]4NC(C)=O)[C@H](O)[C@@H]3O[C@@H]3O[C@H](CO)[C@@H](O)[C@H](O)[C@H]3NC(C)=O)[C@@H]2O)[C@@H]1O. The van der Waals surface area contributed by atoms with Gasteiger partial charge in [0, 0.05) is 27.7 Å². The number of carbonyl (C=O) groups excluding carboxylic acids is 4. The lowest BCUT2D eigenvalue weighted by molar-refractivity contribution is -0.404. The molecule has 32 N–H and O–H groups in total. The fraction of sp³-hybridized carbons (Fsp3) is 0.941. The number of aliphatic hydroxyl groups excluding tert-OH is 28. The van der Waals surface area contributed by atoms with E-state index in [9.17, 15) is 162 Å². The maximum atomic E-state index is 13.1. The summed E-state index contributed by atoms with van der Waals surface area (Å²) in [6, 6.07) is -7.60. The van der Waals surface area contributed by atoms with Gasteiger partial charge < -0.3 is 254 Å². The molecule has 123 heavy (non-hydrogen) atoms. The molecule has 0 aromatic rings. The molecule has 10 aliphatic rings. The number of aliphatic hydroxyl groups is 28. The molecule has 1 unspecified atom stereocenters. The highest BCUT2D eigenvalue weighted by Gasteiger charge is 2.62. The Morgan fingerprint density at radius 2 is 0.447 bits per heavy atom. The minimum atomic E-state index is -2.68. The van der Waals surface area contributed by atoms with Gasteiger partial charge in [0.05, 0.1) is 66.1 Å². The van der Waals surface area contributed by atoms with Gasteiger partial charge in [0.1, 0.15) is 244 Å². The molecule has 0 saturated carbocycles. The highest BCUT2D eigenvalue weighted by atomic mass is 16.8. The van der Waals surface area contributed by atoms with E-state index in [2.05, 4.69) is 21.3 Å². The Labute approximate surface area is 695 Å². The fourth-order valence-electron chi connectivity index (χ4n) is 15.9. The summed E-state index contributed by atoms with van der Waals surface area (Å²) in [7, 11) is 0. The molecule has 10 fully saturated rings. The average molecular weight is 1800 g/mol. The van der Waals surface area contributed by atoms with Crippen LogP contribution in [-0.2, 0) is 109 Å². The molecular weight excluding hydrogens is 1690 g/mol. The Kier molecular flexibility index (Phi) is 36.4. The number of amides is 4. The second kappa shape index (κ2) is 44.3. The smallest absolute Gasteiger partial charge is 0.217 e. The van der Waals surface area contributed by atoms with Gasteiger partial charge in [0.25, 0.3) is 0 Å². The molecule has 55 heteroatoms. The van der Waals surface area contributed by atoms with Crippen molar-refractivity contribution in [3.8, 4) is 0 Å². The van der Waals surface area contributed by atoms with Crippen LogP contribution in [0.15, 0.2) is 0 Å². The number of hydrogen-bond acceptors (Lipinski definition) is 51. The minimum absolute atomic E-state index is 0.811. The highest BCUT2D eigenvalue weighted by Crippen LogP contribution is 2.41. The molecule has 0 bridgehead atoms. The summed E-state index contributed by atoms with van der Waals surface area (Å²) in [6.45, 7) is -7.48. The molecule has 10 aliphatic heterocycles. The zero-order valence-corrected chi connectivity index (χ0v) is 65.9. The Balaban J connectivity index is 1.03. The van der Waals surface area contributed by atoms with E-state index in [4.69, 9.17) is 90.0 Å². The molecule has 0 spiro atoms. The summed E-state index contributed by atoms with van der Waals surface area (Å²) in [6.07, 6.45) is -98.4. The second-order valence-corrected chi connectivity index (χ2v) is 31.0. The zero-order chi connectivity index (χ0) is 90.5. The molecule has 55 nitrogen and oxygen atoms in total. The maximum absolute atomic E-state index is 13.1. The van der Waals surface area contributed by atoms with Crippen LogP contribution >= 0.6 is 0 Å². The monoisotopic (exact) mass is 1800 g/mol. The number of nitrogens with one attached hydrogen (secondary N) is 4. The van der Waals surface area contributed by atoms with Gasteiger partial charge in [-0.25, -0.2) is 0 Å². The van der Waals surface area contributed by atoms with Gasteiger partial charge in [-0.3, -0.25) is 19.2 Å². The van der Waals surface area contributed by atoms with Gasteiger partial charge >= 0.3 is 0 Å². The van der Waals surface area contributed by atoms with Crippen molar-refractivity contribution in [3.63, 3.8) is 0 Å². The Morgan fingerprint density at radius 1 is 0.211 bits per heavy atom. The van der Waals surface area contributed by atoms with E-state index in [1.165, 1.54) is 0 Å². The third kappa shape index (κ3) is 22.4. The molecule has 0 aromatic heterocycles. The zero-order valence-electron chi connectivity index (χ0n) is 65.9. The summed E-state index contributed by atoms with van der Waals surface area (Å²) in [5.41, 5.74) is 0. The van der Waals surface area contributed by atoms with E-state index in [0.29, 0.717) is 0 Å². The summed E-state index contributed by atoms with van der Waals surface area (Å²) in [5, 5.41) is 322. The van der Waals surface area contributed by atoms with E-state index in [0.717, 1.165) is 27.7 Å². The van der Waals surface area contributed by atoms with Crippen LogP contribution in [0.1, 0.15) is 27.7 Å². The molecule has 712 valence electrons. The Morgan fingerprint density at radius 3 is 0.829 bits per heavy atom. The molecule has 50 atom stereocenters. The quantitative estimate of drug-likeness (QED) is 0.0297. The first kappa shape index (κ1) is 101. The van der Waals surface area contributed by atoms with Gasteiger partial charge in [0.15, 0.2) is 62.9 Å². The fourth-order valence-corrected chi connectivity index (χ4v) is 15.9. The topological polar surface area (TPSA) is 858 Å². The van der Waals surface area contributed by atoms with E-state index in [-0.39, 0.29) is 0 Å². The number of ether oxygens (including phenoxy) is 19. The molecule has 10 heterocycles. The summed E-state index contributed by atoms with van der Waals surface area (Å²) < 4.78 is 113. The van der Waals surface area contributed by atoms with E-state index in [1.807, 2.05) is 0 Å². The molecule has 10 saturated heterocycles. The first-order chi connectivity index (χ1) is 58.2. The van der Waals surface area contributed by atoms with Gasteiger partial charge in [-0.15, -0.1) is 0 Å². The van der Waals surface area contributed by atoms with Crippen LogP contribution < -0.4 is 21.3 Å². The second-order valence-electron chi connectivity index (χ2n) is 31.0. The molecule has 0 aliphatic carbocycles. The van der Waals surface area contributed by atoms with Gasteiger partial charge in [-0.2, -0.15) is 0 Å². The van der Waals surface area contributed by atoms with Gasteiger partial charge in [-0.05, 0) is 0 Å². The summed E-state index contributed by atoms with van der Waals surface area (Å²) in [4.78, 5) is 51.3. The lowest BCUT2D eigenvalue weighted by Crippen LogP contribution is -2.71. The first-order valence-electron chi connectivity index (χ1n) is 39.1. The number of hydrogen-bond donors (Lipinski definition) is 32. The van der Waals surface area contributed by atoms with Crippen LogP contribution in [0.3, 0.4) is 0 Å². The van der Waals surface area contributed by atoms with E-state index in [1.54, 1.807) is 0 Å². The van der Waals surface area contributed by atoms with Crippen molar-refractivity contribution in [2.45, 2.75) is 335 Å². The minimum Gasteiger partial charge on any atom is -0.394 e. The number of carbonyl (C=O) groups is 4. The molecule has 0 aromatic carbocycles. The van der Waals surface area contributed by atoms with Crippen molar-refractivity contribution in [3.05, 3.63) is 0 Å². The standard InChI is InChI=1S/C68H114N4O51/c1-15(81)69-29-40(92)52(23(9-77)107-59(29)104)117-61-31(71-17(3)83)42(94)54(25(11-79)112-61)120-67-51(103)57(38(90)28(116-67)14-106-64-50(102)56(121-66-48(100)45(97)36(88)22(8-76)111-66)37(89)27(115-64)13-105-63-46(98)43(95)34(86)20(6-74)109-63)122-68-58(123-60-30(70-16(2)82)39(91)33(85)19(5-73)108-60)49(101)55(26(12-80)114-68)118-62-32(72-18(4)84)41(93)53(24(10-78)113-62)119-65-47(99)44(96)35(87)21(7-75)110-65/h19-68,73-80,85-104H,5-14H2,1-4H3,(H,69,81)(H,70,82)(H,71,83)(H,72,84)/t19-,20-,21-,22-,23-,24-,25-,26-,27-,28-,29-,30-,31-,32-,33-,34-,35+,36-,37-,38-,39-,40-,41-,42-,43+,44+,45+,46+,47-,48+,49+,50+,51+,52-,53-,54-,55-,56+,57+,58+,59?,60+,61+,62+,63+,64+,65+,66-,67+,68-/m1/s1. The third-order valence-corrected chi connectivity index (χ3v) is 22.5. The van der Waals surface area contributed by atoms with Crippen molar-refractivity contribution >= 4 is 23.6 Å². The summed E-state index contributed by atoms with van der Waals surface area (Å²) >= 11 is 0. The molecule has 4 amide bonds. The van der Waals surface area contributed by atoms with Gasteiger partial charge in [0.2, 0.25) is 23.6 Å². The average Bonchev–Trinajstić information content (AvgIpc) is 0.758. The maximum Gasteiger partial charge on any atom is 0.217 e. The molecule has 0 radical (unpaired) electrons. The van der Waals surface area contributed by atoms with E-state index >= 15 is 0 Å². The molecule has 10 rings (SSSR count). The number of rotatable bonds is 32. The molecular formula is C68H114N4O51. The highest BCUT2D eigenvalue weighted by molar-refractivity contribution is 5.74. The van der Waals surface area contributed by atoms with Gasteiger partial charge in [-0.1, -0.05) is 0 Å². The normalized spacial score (nSPS) is 49.4. The van der Waals surface area contributed by atoms with Crippen LogP contribution in [0.2, 0.25) is 0 Å². The van der Waals surface area contributed by atoms with Crippen molar-refractivity contribution in [2.75, 3.05) is 66.1 Å². The lowest BCUT2D eigenvalue weighted by Gasteiger charge is -2.52. The van der Waals surface area contributed by atoms with Crippen LogP contribution in [0.25, 0.3) is 0 Å². The third-order valence-electron chi connectivity index (χ3n) is 22.5. The van der Waals surface area contributed by atoms with E-state index < -0.39 is 397 Å². The predicted octanol–water partition coefficient (Wildman–Crippen LogP) is -22.2.